The molecule has 2 aliphatic rings. The summed E-state index contributed by atoms with van der Waals surface area (Å²) in [5.74, 6) is 2.04. The van der Waals surface area contributed by atoms with E-state index in [0.717, 1.165) is 43.5 Å². The number of aromatic nitrogens is 2. The summed E-state index contributed by atoms with van der Waals surface area (Å²) in [4.78, 5) is 4.76. The normalized spacial score (nSPS) is 16.5. The van der Waals surface area contributed by atoms with Crippen LogP contribution in [0.1, 0.15) is 17.7 Å². The molecule has 0 saturated carbocycles. The summed E-state index contributed by atoms with van der Waals surface area (Å²) >= 11 is 0. The van der Waals surface area contributed by atoms with Gasteiger partial charge in [-0.2, -0.15) is 0 Å². The number of fused-ring (bicyclic) bond motifs is 2. The van der Waals surface area contributed by atoms with E-state index in [2.05, 4.69) is 35.0 Å². The first-order valence-electron chi connectivity index (χ1n) is 6.90. The van der Waals surface area contributed by atoms with Gasteiger partial charge in [-0.25, -0.2) is 4.98 Å². The number of ether oxygens (including phenoxy) is 1. The molecule has 0 unspecified atom stereocenters. The molecule has 0 fully saturated rings. The first-order chi connectivity index (χ1) is 9.33. The number of rotatable bonds is 1. The molecular formula is C15H17N3O. The van der Waals surface area contributed by atoms with E-state index in [1.54, 1.807) is 0 Å². The molecule has 0 radical (unpaired) electrons. The van der Waals surface area contributed by atoms with Gasteiger partial charge in [-0.05, 0) is 37.1 Å². The summed E-state index contributed by atoms with van der Waals surface area (Å²) in [5, 5.41) is 3.37. The fraction of sp³-hybridized carbons (Fsp3) is 0.400. The lowest BCUT2D eigenvalue weighted by Crippen LogP contribution is -2.17. The third-order valence-electron chi connectivity index (χ3n) is 4.03. The van der Waals surface area contributed by atoms with E-state index in [-0.39, 0.29) is 0 Å². The number of nitrogens with zero attached hydrogens (tertiary/aromatic N) is 2. The van der Waals surface area contributed by atoms with Crippen molar-refractivity contribution in [2.75, 3.05) is 18.5 Å². The van der Waals surface area contributed by atoms with Gasteiger partial charge in [0.1, 0.15) is 5.75 Å². The van der Waals surface area contributed by atoms with Crippen LogP contribution in [0.5, 0.6) is 5.75 Å². The highest BCUT2D eigenvalue weighted by atomic mass is 16.5. The van der Waals surface area contributed by atoms with Crippen molar-refractivity contribution in [2.24, 2.45) is 0 Å². The van der Waals surface area contributed by atoms with E-state index < -0.39 is 0 Å². The van der Waals surface area contributed by atoms with Crippen LogP contribution in [0.25, 0.3) is 11.3 Å². The Labute approximate surface area is 112 Å². The average molecular weight is 255 g/mol. The highest BCUT2D eigenvalue weighted by Gasteiger charge is 2.19. The minimum Gasteiger partial charge on any atom is -0.493 e. The third kappa shape index (κ3) is 1.63. The van der Waals surface area contributed by atoms with Crippen molar-refractivity contribution in [3.63, 3.8) is 0 Å². The molecule has 0 amide bonds. The van der Waals surface area contributed by atoms with Gasteiger partial charge in [0.15, 0.2) is 0 Å². The summed E-state index contributed by atoms with van der Waals surface area (Å²) < 4.78 is 7.84. The summed E-state index contributed by atoms with van der Waals surface area (Å²) in [6.45, 7) is 5.05. The van der Waals surface area contributed by atoms with Crippen molar-refractivity contribution in [3.05, 3.63) is 29.5 Å². The second kappa shape index (κ2) is 4.02. The number of nitrogens with one attached hydrogen (secondary N) is 1. The molecule has 4 rings (SSSR count). The molecular weight excluding hydrogens is 238 g/mol. The first-order valence-corrected chi connectivity index (χ1v) is 6.90. The molecule has 4 nitrogen and oxygen atoms in total. The molecule has 19 heavy (non-hydrogen) atoms. The van der Waals surface area contributed by atoms with Crippen LogP contribution >= 0.6 is 0 Å². The Hall–Kier alpha value is -1.97. The van der Waals surface area contributed by atoms with Crippen LogP contribution in [-0.2, 0) is 13.0 Å². The molecule has 1 aromatic heterocycles. The fourth-order valence-corrected chi connectivity index (χ4v) is 2.99. The Morgan fingerprint density at radius 2 is 2.32 bits per heavy atom. The van der Waals surface area contributed by atoms with Gasteiger partial charge in [0.05, 0.1) is 12.3 Å². The maximum atomic E-state index is 5.56. The van der Waals surface area contributed by atoms with Gasteiger partial charge in [-0.3, -0.25) is 0 Å². The van der Waals surface area contributed by atoms with Crippen LogP contribution in [0.3, 0.4) is 0 Å². The Morgan fingerprint density at radius 1 is 1.37 bits per heavy atom. The SMILES string of the molecule is Cc1c(-c2ccc3c(c2)CCO3)nc2n1CCCN2. The molecule has 0 bridgehead atoms. The lowest BCUT2D eigenvalue weighted by Gasteiger charge is -2.16. The van der Waals surface area contributed by atoms with Gasteiger partial charge in [0.25, 0.3) is 0 Å². The van der Waals surface area contributed by atoms with Crippen LogP contribution < -0.4 is 10.1 Å². The third-order valence-corrected chi connectivity index (χ3v) is 4.03. The van der Waals surface area contributed by atoms with E-state index >= 15 is 0 Å². The zero-order chi connectivity index (χ0) is 12.8. The molecule has 1 N–H and O–H groups in total. The zero-order valence-corrected chi connectivity index (χ0v) is 11.1. The van der Waals surface area contributed by atoms with Gasteiger partial charge in [-0.1, -0.05) is 0 Å². The van der Waals surface area contributed by atoms with Crippen LogP contribution in [-0.4, -0.2) is 22.7 Å². The first kappa shape index (κ1) is 10.9. The summed E-state index contributed by atoms with van der Waals surface area (Å²) in [6, 6.07) is 6.41. The maximum Gasteiger partial charge on any atom is 0.203 e. The van der Waals surface area contributed by atoms with Gasteiger partial charge in [-0.15, -0.1) is 0 Å². The van der Waals surface area contributed by atoms with Gasteiger partial charge >= 0.3 is 0 Å². The van der Waals surface area contributed by atoms with E-state index in [0.29, 0.717) is 0 Å². The van der Waals surface area contributed by atoms with Gasteiger partial charge < -0.3 is 14.6 Å². The number of anilines is 1. The average Bonchev–Trinajstić information content (AvgIpc) is 3.03. The molecule has 2 aliphatic heterocycles. The number of hydrogen-bond acceptors (Lipinski definition) is 3. The molecule has 0 saturated heterocycles. The predicted molar refractivity (Wildman–Crippen MR) is 74.7 cm³/mol. The van der Waals surface area contributed by atoms with E-state index in [9.17, 15) is 0 Å². The van der Waals surface area contributed by atoms with Crippen LogP contribution in [0.15, 0.2) is 18.2 Å². The van der Waals surface area contributed by atoms with Crippen LogP contribution in [0.2, 0.25) is 0 Å². The Morgan fingerprint density at radius 3 is 3.21 bits per heavy atom. The Kier molecular flexibility index (Phi) is 2.31. The predicted octanol–water partition coefficient (Wildman–Crippen LogP) is 2.61. The van der Waals surface area contributed by atoms with Crippen molar-refractivity contribution in [1.29, 1.82) is 0 Å². The Bertz CT molecular complexity index is 645. The lowest BCUT2D eigenvalue weighted by atomic mass is 10.1. The van der Waals surface area contributed by atoms with Crippen molar-refractivity contribution in [1.82, 2.24) is 9.55 Å². The number of benzene rings is 1. The topological polar surface area (TPSA) is 39.1 Å². The highest BCUT2D eigenvalue weighted by molar-refractivity contribution is 5.67. The number of imidazole rings is 1. The molecule has 0 atom stereocenters. The minimum atomic E-state index is 0.805. The van der Waals surface area contributed by atoms with E-state index in [1.807, 2.05) is 0 Å². The van der Waals surface area contributed by atoms with Crippen molar-refractivity contribution < 1.29 is 4.74 Å². The van der Waals surface area contributed by atoms with Crippen LogP contribution in [0, 0.1) is 6.92 Å². The lowest BCUT2D eigenvalue weighted by molar-refractivity contribution is 0.357. The largest absolute Gasteiger partial charge is 0.493 e. The highest BCUT2D eigenvalue weighted by Crippen LogP contribution is 2.33. The van der Waals surface area contributed by atoms with Gasteiger partial charge in [0, 0.05) is 30.8 Å². The summed E-state index contributed by atoms with van der Waals surface area (Å²) in [7, 11) is 0. The second-order valence-corrected chi connectivity index (χ2v) is 5.22. The molecule has 4 heteroatoms. The molecule has 0 spiro atoms. The van der Waals surface area contributed by atoms with E-state index in [4.69, 9.17) is 9.72 Å². The van der Waals surface area contributed by atoms with Crippen molar-refractivity contribution in [2.45, 2.75) is 26.3 Å². The van der Waals surface area contributed by atoms with Crippen molar-refractivity contribution in [3.8, 4) is 17.0 Å². The molecule has 2 aromatic rings. The zero-order valence-electron chi connectivity index (χ0n) is 11.1. The molecule has 98 valence electrons. The molecule has 1 aromatic carbocycles. The maximum absolute atomic E-state index is 5.56. The van der Waals surface area contributed by atoms with Crippen molar-refractivity contribution >= 4 is 5.95 Å². The molecule has 3 heterocycles. The molecule has 0 aliphatic carbocycles. The van der Waals surface area contributed by atoms with Gasteiger partial charge in [0.2, 0.25) is 5.95 Å². The number of hydrogen-bond donors (Lipinski definition) is 1. The summed E-state index contributed by atoms with van der Waals surface area (Å²) in [5.41, 5.74) is 4.85. The minimum absolute atomic E-state index is 0.805. The fourth-order valence-electron chi connectivity index (χ4n) is 2.99. The monoisotopic (exact) mass is 255 g/mol. The van der Waals surface area contributed by atoms with Crippen LogP contribution in [0.4, 0.5) is 5.95 Å². The smallest absolute Gasteiger partial charge is 0.203 e. The van der Waals surface area contributed by atoms with E-state index in [1.165, 1.54) is 23.2 Å². The Balaban J connectivity index is 1.82. The second-order valence-electron chi connectivity index (χ2n) is 5.22. The standard InChI is InChI=1S/C15H17N3O/c1-10-14(17-15-16-6-2-7-18(10)15)12-3-4-13-11(9-12)5-8-19-13/h3-4,9H,2,5-8H2,1H3,(H,16,17). The quantitative estimate of drug-likeness (QED) is 0.851. The summed E-state index contributed by atoms with van der Waals surface area (Å²) in [6.07, 6.45) is 2.18.